The first-order chi connectivity index (χ1) is 19.9. The number of likely N-dealkylation sites (tertiary alicyclic amines) is 1. The van der Waals surface area contributed by atoms with Crippen LogP contribution in [0.4, 0.5) is 0 Å². The number of nitrogens with zero attached hydrogens (tertiary/aromatic N) is 5. The molecule has 0 radical (unpaired) electrons. The molecule has 0 spiro atoms. The van der Waals surface area contributed by atoms with Crippen LogP contribution < -0.4 is 17.0 Å². The zero-order valence-electron chi connectivity index (χ0n) is 23.7. The minimum Gasteiger partial charge on any atom is -0.385 e. The Labute approximate surface area is 239 Å². The third-order valence-corrected chi connectivity index (χ3v) is 7.89. The van der Waals surface area contributed by atoms with Gasteiger partial charge < -0.3 is 19.9 Å². The van der Waals surface area contributed by atoms with Crippen molar-refractivity contribution >= 4 is 16.9 Å². The molecule has 1 fully saturated rings. The molecule has 2 N–H and O–H groups in total. The molecule has 10 heteroatoms. The van der Waals surface area contributed by atoms with E-state index in [0.717, 1.165) is 59.3 Å². The fourth-order valence-electron chi connectivity index (χ4n) is 5.71. The maximum absolute atomic E-state index is 13.3. The molecule has 0 aliphatic carbocycles. The van der Waals surface area contributed by atoms with Crippen LogP contribution in [-0.4, -0.2) is 62.3 Å². The van der Waals surface area contributed by atoms with Gasteiger partial charge in [-0.2, -0.15) is 0 Å². The molecule has 1 aliphatic heterocycles. The predicted octanol–water partition coefficient (Wildman–Crippen LogP) is 2.59. The number of aromatic nitrogens is 4. The van der Waals surface area contributed by atoms with Crippen molar-refractivity contribution in [3.63, 3.8) is 0 Å². The van der Waals surface area contributed by atoms with E-state index >= 15 is 0 Å². The third-order valence-electron chi connectivity index (χ3n) is 7.89. The molecule has 1 amide bonds. The Balaban J connectivity index is 1.22. The first kappa shape index (κ1) is 28.5. The van der Waals surface area contributed by atoms with Crippen molar-refractivity contribution in [2.45, 2.75) is 50.6 Å². The lowest BCUT2D eigenvalue weighted by atomic mass is 9.96. The molecule has 216 valence electrons. The number of hydrogen-bond acceptors (Lipinski definition) is 6. The number of nitrogens with two attached hydrogens (primary N) is 1. The van der Waals surface area contributed by atoms with Crippen LogP contribution in [0.3, 0.4) is 0 Å². The van der Waals surface area contributed by atoms with Gasteiger partial charge >= 0.3 is 5.69 Å². The Hall–Kier alpha value is -4.02. The highest BCUT2D eigenvalue weighted by atomic mass is 16.5. The minimum atomic E-state index is -0.405. The Bertz CT molecular complexity index is 1620. The zero-order chi connectivity index (χ0) is 28.9. The Morgan fingerprint density at radius 2 is 1.90 bits per heavy atom. The van der Waals surface area contributed by atoms with Crippen LogP contribution in [0, 0.1) is 0 Å². The van der Waals surface area contributed by atoms with Gasteiger partial charge in [-0.25, -0.2) is 9.78 Å². The molecule has 2 aromatic carbocycles. The number of hydrogen-bond donors (Lipinski definition) is 1. The number of carbonyl (C=O) groups excluding carboxylic acids is 1. The van der Waals surface area contributed by atoms with Crippen LogP contribution >= 0.6 is 0 Å². The summed E-state index contributed by atoms with van der Waals surface area (Å²) in [5.74, 6) is 1.28. The van der Waals surface area contributed by atoms with Gasteiger partial charge in [-0.15, -0.1) is 0 Å². The Morgan fingerprint density at radius 1 is 1.12 bits per heavy atom. The predicted molar refractivity (Wildman–Crippen MR) is 158 cm³/mol. The van der Waals surface area contributed by atoms with E-state index in [9.17, 15) is 14.4 Å². The van der Waals surface area contributed by atoms with E-state index < -0.39 is 5.69 Å². The van der Waals surface area contributed by atoms with E-state index in [1.807, 2.05) is 47.4 Å². The lowest BCUT2D eigenvalue weighted by Crippen LogP contribution is -2.42. The largest absolute Gasteiger partial charge is 0.385 e. The number of amides is 1. The second-order valence-electron chi connectivity index (χ2n) is 10.8. The van der Waals surface area contributed by atoms with Crippen molar-refractivity contribution in [1.29, 1.82) is 0 Å². The summed E-state index contributed by atoms with van der Waals surface area (Å²) in [7, 11) is 3.17. The van der Waals surface area contributed by atoms with Crippen molar-refractivity contribution in [2.75, 3.05) is 26.8 Å². The highest BCUT2D eigenvalue weighted by molar-refractivity contribution is 5.78. The van der Waals surface area contributed by atoms with E-state index in [2.05, 4.69) is 10.6 Å². The average molecular weight is 559 g/mol. The maximum Gasteiger partial charge on any atom is 0.335 e. The van der Waals surface area contributed by atoms with Crippen molar-refractivity contribution in [2.24, 2.45) is 12.8 Å². The number of benzene rings is 2. The van der Waals surface area contributed by atoms with Gasteiger partial charge in [0.15, 0.2) is 0 Å². The number of fused-ring (bicyclic) bond motifs is 1. The fourth-order valence-corrected chi connectivity index (χ4v) is 5.71. The van der Waals surface area contributed by atoms with Crippen LogP contribution in [0.5, 0.6) is 0 Å². The van der Waals surface area contributed by atoms with E-state index in [1.165, 1.54) is 23.9 Å². The van der Waals surface area contributed by atoms with Crippen LogP contribution in [-0.2, 0) is 29.5 Å². The monoisotopic (exact) mass is 558 g/mol. The Kier molecular flexibility index (Phi) is 8.80. The van der Waals surface area contributed by atoms with E-state index in [4.69, 9.17) is 15.5 Å². The van der Waals surface area contributed by atoms with Crippen LogP contribution in [0.15, 0.2) is 70.4 Å². The lowest BCUT2D eigenvalue weighted by molar-refractivity contribution is -0.132. The van der Waals surface area contributed by atoms with Gasteiger partial charge in [0.25, 0.3) is 5.56 Å². The number of imidazole rings is 1. The maximum atomic E-state index is 13.3. The molecule has 0 unspecified atom stereocenters. The van der Waals surface area contributed by atoms with Crippen molar-refractivity contribution in [1.82, 2.24) is 23.6 Å². The summed E-state index contributed by atoms with van der Waals surface area (Å²) in [6, 6.07) is 16.7. The second-order valence-corrected chi connectivity index (χ2v) is 10.8. The summed E-state index contributed by atoms with van der Waals surface area (Å²) < 4.78 is 10.1. The molecule has 4 aromatic rings. The molecule has 0 bridgehead atoms. The summed E-state index contributed by atoms with van der Waals surface area (Å²) in [6.45, 7) is 2.89. The molecule has 5 rings (SSSR count). The van der Waals surface area contributed by atoms with Gasteiger partial charge in [0.1, 0.15) is 5.82 Å². The normalized spacial score (nSPS) is 16.3. The van der Waals surface area contributed by atoms with Gasteiger partial charge in [0.2, 0.25) is 5.91 Å². The number of methoxy groups -OCH3 is 1. The zero-order valence-corrected chi connectivity index (χ0v) is 23.7. The molecule has 2 aromatic heterocycles. The number of carbonyl (C=O) groups is 1. The number of piperidine rings is 1. The molecule has 10 nitrogen and oxygen atoms in total. The molecule has 2 atom stereocenters. The minimum absolute atomic E-state index is 0.0672. The second kappa shape index (κ2) is 12.7. The van der Waals surface area contributed by atoms with Gasteiger partial charge in [-0.1, -0.05) is 24.3 Å². The number of para-hydroxylation sites is 2. The number of ether oxygens (including phenoxy) is 1. The van der Waals surface area contributed by atoms with Gasteiger partial charge in [-0.05, 0) is 55.5 Å². The highest BCUT2D eigenvalue weighted by Crippen LogP contribution is 2.30. The van der Waals surface area contributed by atoms with E-state index in [-0.39, 0.29) is 29.8 Å². The first-order valence-electron chi connectivity index (χ1n) is 14.2. The highest BCUT2D eigenvalue weighted by Gasteiger charge is 2.29. The summed E-state index contributed by atoms with van der Waals surface area (Å²) in [5, 5.41) is 0. The van der Waals surface area contributed by atoms with E-state index in [0.29, 0.717) is 25.3 Å². The van der Waals surface area contributed by atoms with Crippen LogP contribution in [0.1, 0.15) is 43.0 Å². The van der Waals surface area contributed by atoms with Gasteiger partial charge in [0, 0.05) is 71.0 Å². The molecule has 3 heterocycles. The van der Waals surface area contributed by atoms with Crippen LogP contribution in [0.25, 0.3) is 16.7 Å². The van der Waals surface area contributed by atoms with Crippen molar-refractivity contribution < 1.29 is 9.53 Å². The molecule has 1 aliphatic rings. The number of rotatable bonds is 10. The van der Waals surface area contributed by atoms with Crippen molar-refractivity contribution in [3.8, 4) is 5.69 Å². The van der Waals surface area contributed by atoms with Crippen molar-refractivity contribution in [3.05, 3.63) is 93.0 Å². The molecule has 41 heavy (non-hydrogen) atoms. The quantitative estimate of drug-likeness (QED) is 0.299. The topological polar surface area (TPSA) is 117 Å². The smallest absolute Gasteiger partial charge is 0.335 e. The summed E-state index contributed by atoms with van der Waals surface area (Å²) >= 11 is 0. The van der Waals surface area contributed by atoms with Crippen LogP contribution in [0.2, 0.25) is 0 Å². The Morgan fingerprint density at radius 3 is 2.68 bits per heavy atom. The van der Waals surface area contributed by atoms with Gasteiger partial charge in [0.05, 0.1) is 16.7 Å². The van der Waals surface area contributed by atoms with Gasteiger partial charge in [-0.3, -0.25) is 18.7 Å². The summed E-state index contributed by atoms with van der Waals surface area (Å²) in [6.07, 6.45) is 5.11. The first-order valence-corrected chi connectivity index (χ1v) is 14.2. The molecular weight excluding hydrogens is 520 g/mol. The molecular formula is C31H38N6O4. The number of aryl methyl sites for hydroxylation is 1. The standard InChI is InChI=1S/C31H38N6O4/c1-34-28(38)14-17-36(31(34)40)25-12-10-22(11-13-25)19-24(32)20-29(39)35-15-5-7-23(21-35)30-33-26-8-3-4-9-27(26)37(30)16-6-18-41-2/h3-4,8-14,17,23-24H,5-7,15-16,18-21,32H2,1-2H3/t23-,24-/m1/s1. The summed E-state index contributed by atoms with van der Waals surface area (Å²) in [4.78, 5) is 44.4. The third kappa shape index (κ3) is 6.34. The lowest BCUT2D eigenvalue weighted by Gasteiger charge is -2.33. The molecule has 0 saturated carbocycles. The summed E-state index contributed by atoms with van der Waals surface area (Å²) in [5.41, 5.74) is 9.43. The SMILES string of the molecule is COCCCn1c([C@@H]2CCCN(C(=O)C[C@H](N)Cc3ccc(-n4ccc(=O)n(C)c4=O)cc3)C2)nc2ccccc21. The fraction of sp³-hybridized carbons (Fsp3) is 0.419. The van der Waals surface area contributed by atoms with E-state index in [1.54, 1.807) is 7.11 Å². The molecule has 1 saturated heterocycles. The average Bonchev–Trinajstić information content (AvgIpc) is 3.35.